The van der Waals surface area contributed by atoms with E-state index in [1.54, 1.807) is 0 Å². The fraction of sp³-hybridized carbons (Fsp3) is 0.800. The smallest absolute Gasteiger partial charge is 0.314 e. The SMILES string of the molecule is CCOCCNC(=O)NCC(C)(O)CC(=O)O. The predicted octanol–water partition coefficient (Wildman–Crippen LogP) is -0.452. The molecule has 0 bridgehead atoms. The zero-order valence-corrected chi connectivity index (χ0v) is 10.2. The van der Waals surface area contributed by atoms with Crippen LogP contribution < -0.4 is 10.6 Å². The van der Waals surface area contributed by atoms with Crippen molar-refractivity contribution in [2.75, 3.05) is 26.3 Å². The lowest BCUT2D eigenvalue weighted by Gasteiger charge is -2.21. The molecule has 0 radical (unpaired) electrons. The zero-order chi connectivity index (χ0) is 13.3. The van der Waals surface area contributed by atoms with Gasteiger partial charge in [-0.3, -0.25) is 4.79 Å². The van der Waals surface area contributed by atoms with Gasteiger partial charge in [0.05, 0.1) is 18.6 Å². The molecule has 0 fully saturated rings. The molecule has 0 aromatic carbocycles. The summed E-state index contributed by atoms with van der Waals surface area (Å²) < 4.78 is 5.01. The number of amides is 2. The number of urea groups is 1. The Labute approximate surface area is 100 Å². The van der Waals surface area contributed by atoms with Crippen LogP contribution in [0.5, 0.6) is 0 Å². The zero-order valence-electron chi connectivity index (χ0n) is 10.2. The minimum absolute atomic E-state index is 0.125. The monoisotopic (exact) mass is 248 g/mol. The highest BCUT2D eigenvalue weighted by atomic mass is 16.5. The molecule has 0 aromatic rings. The Hall–Kier alpha value is -1.34. The van der Waals surface area contributed by atoms with E-state index in [0.29, 0.717) is 19.8 Å². The molecule has 2 amide bonds. The molecule has 7 heteroatoms. The van der Waals surface area contributed by atoms with Gasteiger partial charge in [-0.15, -0.1) is 0 Å². The molecule has 1 unspecified atom stereocenters. The average molecular weight is 248 g/mol. The summed E-state index contributed by atoms with van der Waals surface area (Å²) in [4.78, 5) is 21.6. The Morgan fingerprint density at radius 2 is 2.00 bits per heavy atom. The maximum Gasteiger partial charge on any atom is 0.314 e. The second-order valence-corrected chi connectivity index (χ2v) is 3.87. The van der Waals surface area contributed by atoms with E-state index in [-0.39, 0.29) is 6.54 Å². The minimum Gasteiger partial charge on any atom is -0.481 e. The topological polar surface area (TPSA) is 108 Å². The van der Waals surface area contributed by atoms with E-state index in [0.717, 1.165) is 0 Å². The van der Waals surface area contributed by atoms with Gasteiger partial charge in [0.2, 0.25) is 0 Å². The largest absolute Gasteiger partial charge is 0.481 e. The van der Waals surface area contributed by atoms with Gasteiger partial charge in [-0.05, 0) is 13.8 Å². The second-order valence-electron chi connectivity index (χ2n) is 3.87. The van der Waals surface area contributed by atoms with Crippen LogP contribution in [0.1, 0.15) is 20.3 Å². The molecule has 0 spiro atoms. The Bertz CT molecular complexity index is 255. The fourth-order valence-corrected chi connectivity index (χ4v) is 1.10. The van der Waals surface area contributed by atoms with Crippen LogP contribution >= 0.6 is 0 Å². The van der Waals surface area contributed by atoms with Crippen molar-refractivity contribution in [1.29, 1.82) is 0 Å². The third kappa shape index (κ3) is 9.58. The molecular formula is C10H20N2O5. The molecule has 100 valence electrons. The lowest BCUT2D eigenvalue weighted by molar-refractivity contribution is -0.141. The summed E-state index contributed by atoms with van der Waals surface area (Å²) in [6.45, 7) is 4.43. The highest BCUT2D eigenvalue weighted by molar-refractivity contribution is 5.74. The van der Waals surface area contributed by atoms with Gasteiger partial charge in [-0.2, -0.15) is 0 Å². The van der Waals surface area contributed by atoms with Crippen LogP contribution in [0, 0.1) is 0 Å². The quantitative estimate of drug-likeness (QED) is 0.435. The molecule has 0 saturated heterocycles. The molecule has 4 N–H and O–H groups in total. The number of aliphatic carboxylic acids is 1. The van der Waals surface area contributed by atoms with Gasteiger partial charge in [0.25, 0.3) is 0 Å². The van der Waals surface area contributed by atoms with Crippen LogP contribution in [-0.2, 0) is 9.53 Å². The first-order chi connectivity index (χ1) is 7.87. The molecule has 7 nitrogen and oxygen atoms in total. The van der Waals surface area contributed by atoms with Crippen LogP contribution in [0.3, 0.4) is 0 Å². The highest BCUT2D eigenvalue weighted by Gasteiger charge is 2.24. The number of carbonyl (C=O) groups is 2. The van der Waals surface area contributed by atoms with E-state index in [9.17, 15) is 14.7 Å². The lowest BCUT2D eigenvalue weighted by Crippen LogP contribution is -2.46. The summed E-state index contributed by atoms with van der Waals surface area (Å²) in [5, 5.41) is 23.0. The third-order valence-electron chi connectivity index (χ3n) is 1.90. The maximum atomic E-state index is 11.2. The number of ether oxygens (including phenoxy) is 1. The number of carboxylic acids is 1. The minimum atomic E-state index is -1.46. The second kappa shape index (κ2) is 7.86. The highest BCUT2D eigenvalue weighted by Crippen LogP contribution is 2.06. The fourth-order valence-electron chi connectivity index (χ4n) is 1.10. The molecule has 17 heavy (non-hydrogen) atoms. The van der Waals surface area contributed by atoms with Crippen LogP contribution in [0.25, 0.3) is 0 Å². The van der Waals surface area contributed by atoms with Crippen molar-refractivity contribution in [3.8, 4) is 0 Å². The summed E-state index contributed by atoms with van der Waals surface area (Å²) in [7, 11) is 0. The van der Waals surface area contributed by atoms with Crippen molar-refractivity contribution in [2.24, 2.45) is 0 Å². The standard InChI is InChI=1S/C10H20N2O5/c1-3-17-5-4-11-9(15)12-7-10(2,16)6-8(13)14/h16H,3-7H2,1-2H3,(H,13,14)(H2,11,12,15). The van der Waals surface area contributed by atoms with E-state index in [2.05, 4.69) is 10.6 Å². The van der Waals surface area contributed by atoms with E-state index in [1.807, 2.05) is 6.92 Å². The number of hydrogen-bond donors (Lipinski definition) is 4. The van der Waals surface area contributed by atoms with E-state index >= 15 is 0 Å². The van der Waals surface area contributed by atoms with E-state index in [4.69, 9.17) is 9.84 Å². The predicted molar refractivity (Wildman–Crippen MR) is 60.8 cm³/mol. The number of nitrogens with one attached hydrogen (secondary N) is 2. The van der Waals surface area contributed by atoms with E-state index in [1.165, 1.54) is 6.92 Å². The van der Waals surface area contributed by atoms with Crippen molar-refractivity contribution in [1.82, 2.24) is 10.6 Å². The van der Waals surface area contributed by atoms with Gasteiger partial charge < -0.3 is 25.6 Å². The number of carboxylic acid groups (broad SMARTS) is 1. The molecule has 0 aliphatic heterocycles. The van der Waals surface area contributed by atoms with Crippen molar-refractivity contribution in [3.63, 3.8) is 0 Å². The van der Waals surface area contributed by atoms with Crippen LogP contribution in [-0.4, -0.2) is 54.1 Å². The summed E-state index contributed by atoms with van der Waals surface area (Å²) in [5.74, 6) is -1.12. The number of rotatable bonds is 8. The Morgan fingerprint density at radius 3 is 2.53 bits per heavy atom. The van der Waals surface area contributed by atoms with Gasteiger partial charge in [-0.1, -0.05) is 0 Å². The molecular weight excluding hydrogens is 228 g/mol. The maximum absolute atomic E-state index is 11.2. The molecule has 0 aliphatic rings. The first-order valence-electron chi connectivity index (χ1n) is 5.41. The van der Waals surface area contributed by atoms with Crippen molar-refractivity contribution < 1.29 is 24.5 Å². The Balaban J connectivity index is 3.71. The molecule has 0 heterocycles. The van der Waals surface area contributed by atoms with E-state index < -0.39 is 24.0 Å². The van der Waals surface area contributed by atoms with Crippen molar-refractivity contribution >= 4 is 12.0 Å². The van der Waals surface area contributed by atoms with Crippen molar-refractivity contribution in [2.45, 2.75) is 25.9 Å². The van der Waals surface area contributed by atoms with Crippen LogP contribution in [0.4, 0.5) is 4.79 Å². The summed E-state index contributed by atoms with van der Waals surface area (Å²) in [5.41, 5.74) is -1.46. The number of aliphatic hydroxyl groups is 1. The third-order valence-corrected chi connectivity index (χ3v) is 1.90. The first kappa shape index (κ1) is 15.7. The summed E-state index contributed by atoms with van der Waals surface area (Å²) in [6.07, 6.45) is -0.424. The number of carbonyl (C=O) groups excluding carboxylic acids is 1. The van der Waals surface area contributed by atoms with Gasteiger partial charge in [0, 0.05) is 19.7 Å². The molecule has 0 aromatic heterocycles. The van der Waals surface area contributed by atoms with Gasteiger partial charge in [0.1, 0.15) is 0 Å². The normalized spacial score (nSPS) is 13.8. The van der Waals surface area contributed by atoms with Gasteiger partial charge >= 0.3 is 12.0 Å². The molecule has 0 saturated carbocycles. The number of hydrogen-bond acceptors (Lipinski definition) is 4. The first-order valence-corrected chi connectivity index (χ1v) is 5.41. The lowest BCUT2D eigenvalue weighted by atomic mass is 10.0. The van der Waals surface area contributed by atoms with Gasteiger partial charge in [-0.25, -0.2) is 4.79 Å². The average Bonchev–Trinajstić information content (AvgIpc) is 2.20. The van der Waals surface area contributed by atoms with Gasteiger partial charge in [0.15, 0.2) is 0 Å². The summed E-state index contributed by atoms with van der Waals surface area (Å²) >= 11 is 0. The van der Waals surface area contributed by atoms with Crippen LogP contribution in [0.15, 0.2) is 0 Å². The van der Waals surface area contributed by atoms with Crippen molar-refractivity contribution in [3.05, 3.63) is 0 Å². The molecule has 0 rings (SSSR count). The van der Waals surface area contributed by atoms with Crippen LogP contribution in [0.2, 0.25) is 0 Å². The Kier molecular flexibility index (Phi) is 7.24. The summed E-state index contributed by atoms with van der Waals surface area (Å²) in [6, 6.07) is -0.463. The Morgan fingerprint density at radius 1 is 1.35 bits per heavy atom. The molecule has 0 aliphatic carbocycles. The molecule has 1 atom stereocenters.